The molecule has 0 unspecified atom stereocenters. The summed E-state index contributed by atoms with van der Waals surface area (Å²) in [7, 11) is 0. The summed E-state index contributed by atoms with van der Waals surface area (Å²) in [4.78, 5) is 87.0. The van der Waals surface area contributed by atoms with Crippen molar-refractivity contribution in [3.05, 3.63) is 92.5 Å². The van der Waals surface area contributed by atoms with Crippen molar-refractivity contribution in [2.24, 2.45) is 0 Å². The summed E-state index contributed by atoms with van der Waals surface area (Å²) < 4.78 is 11.1. The van der Waals surface area contributed by atoms with Crippen molar-refractivity contribution in [3.63, 3.8) is 0 Å². The molecule has 2 aliphatic carbocycles. The lowest BCUT2D eigenvalue weighted by Crippen LogP contribution is -2.30. The van der Waals surface area contributed by atoms with Gasteiger partial charge in [-0.3, -0.25) is 28.8 Å². The molecule has 2 amide bonds. The summed E-state index contributed by atoms with van der Waals surface area (Å²) in [6, 6.07) is 12.4. The first-order valence-electron chi connectivity index (χ1n) is 15.2. The van der Waals surface area contributed by atoms with E-state index in [1.54, 1.807) is 6.07 Å². The first-order chi connectivity index (χ1) is 22.0. The van der Waals surface area contributed by atoms with Crippen molar-refractivity contribution >= 4 is 45.9 Å². The van der Waals surface area contributed by atoms with Crippen molar-refractivity contribution in [1.82, 2.24) is 9.97 Å². The van der Waals surface area contributed by atoms with Crippen LogP contribution in [0.25, 0.3) is 10.9 Å². The number of nitrogens with zero attached hydrogens (tertiary/aromatic N) is 2. The summed E-state index contributed by atoms with van der Waals surface area (Å²) in [5.41, 5.74) is 0.894. The molecule has 1 N–H and O–H groups in total. The standard InChI is InChI=1S/C35H29N3O8/c1-16(2)45-28-12-19(18-6-4-5-7-18)8-11-27(28)38-34(43)23-14-21-22(15-24(23)35(38)44)31(41)29(30(21)40)32-36-26-10-9-20(46-17(3)39)13-25(26)33(42)37-32/h8-16,18,29H,4-7H2,1-3H3,(H,36,37,42). The minimum absolute atomic E-state index is 0.00104. The number of esters is 1. The number of anilines is 1. The van der Waals surface area contributed by atoms with E-state index in [-0.39, 0.29) is 50.8 Å². The third-order valence-corrected chi connectivity index (χ3v) is 8.72. The average molecular weight is 620 g/mol. The van der Waals surface area contributed by atoms with Crippen LogP contribution in [0.4, 0.5) is 5.69 Å². The van der Waals surface area contributed by atoms with E-state index < -0.39 is 40.8 Å². The molecule has 46 heavy (non-hydrogen) atoms. The molecular weight excluding hydrogens is 590 g/mol. The first kappa shape index (κ1) is 29.3. The zero-order valence-corrected chi connectivity index (χ0v) is 25.3. The van der Waals surface area contributed by atoms with Crippen LogP contribution in [0.5, 0.6) is 11.5 Å². The predicted octanol–water partition coefficient (Wildman–Crippen LogP) is 5.26. The highest BCUT2D eigenvalue weighted by Crippen LogP contribution is 2.43. The molecule has 4 aromatic rings. The van der Waals surface area contributed by atoms with Crippen molar-refractivity contribution in [3.8, 4) is 11.5 Å². The second kappa shape index (κ2) is 10.9. The van der Waals surface area contributed by atoms with Gasteiger partial charge >= 0.3 is 5.97 Å². The number of ether oxygens (including phenoxy) is 2. The summed E-state index contributed by atoms with van der Waals surface area (Å²) in [5, 5.41) is 0.102. The van der Waals surface area contributed by atoms with E-state index in [4.69, 9.17) is 9.47 Å². The van der Waals surface area contributed by atoms with Crippen LogP contribution in [0.1, 0.15) is 111 Å². The monoisotopic (exact) mass is 619 g/mol. The highest BCUT2D eigenvalue weighted by Gasteiger charge is 2.46. The number of carbonyl (C=O) groups is 5. The van der Waals surface area contributed by atoms with Crippen LogP contribution in [-0.4, -0.2) is 45.4 Å². The smallest absolute Gasteiger partial charge is 0.308 e. The maximum absolute atomic E-state index is 13.8. The fraction of sp³-hybridized carbons (Fsp3) is 0.286. The largest absolute Gasteiger partial charge is 0.489 e. The molecule has 11 heteroatoms. The molecule has 11 nitrogen and oxygen atoms in total. The lowest BCUT2D eigenvalue weighted by Gasteiger charge is -2.22. The fourth-order valence-electron chi connectivity index (χ4n) is 6.67. The Bertz CT molecular complexity index is 2030. The van der Waals surface area contributed by atoms with Gasteiger partial charge in [0.05, 0.1) is 33.8 Å². The van der Waals surface area contributed by atoms with Crippen molar-refractivity contribution < 1.29 is 33.4 Å². The zero-order chi connectivity index (χ0) is 32.4. The Kier molecular flexibility index (Phi) is 6.91. The van der Waals surface area contributed by atoms with E-state index in [0.29, 0.717) is 17.4 Å². The highest BCUT2D eigenvalue weighted by atomic mass is 16.5. The molecule has 0 spiro atoms. The number of Topliss-reactive ketones (excluding diaryl/α,β-unsaturated/α-hetero) is 2. The molecule has 1 saturated carbocycles. The number of aromatic amines is 1. The molecule has 232 valence electrons. The van der Waals surface area contributed by atoms with Gasteiger partial charge in [-0.15, -0.1) is 0 Å². The van der Waals surface area contributed by atoms with E-state index in [2.05, 4.69) is 9.97 Å². The van der Waals surface area contributed by atoms with Crippen molar-refractivity contribution in [1.29, 1.82) is 0 Å². The summed E-state index contributed by atoms with van der Waals surface area (Å²) in [5.74, 6) is -3.79. The number of rotatable bonds is 6. The number of fused-ring (bicyclic) bond motifs is 3. The number of carbonyl (C=O) groups excluding carboxylic acids is 5. The second-order valence-electron chi connectivity index (χ2n) is 12.1. The van der Waals surface area contributed by atoms with Gasteiger partial charge in [-0.1, -0.05) is 18.9 Å². The Balaban J connectivity index is 1.23. The van der Waals surface area contributed by atoms with Gasteiger partial charge in [-0.2, -0.15) is 0 Å². The topological polar surface area (TPSA) is 153 Å². The number of nitrogens with one attached hydrogen (secondary N) is 1. The summed E-state index contributed by atoms with van der Waals surface area (Å²) in [6.45, 7) is 4.96. The number of amides is 2. The predicted molar refractivity (Wildman–Crippen MR) is 166 cm³/mol. The molecular formula is C35H29N3O8. The number of hydrogen-bond donors (Lipinski definition) is 1. The summed E-state index contributed by atoms with van der Waals surface area (Å²) in [6.07, 6.45) is 4.23. The van der Waals surface area contributed by atoms with E-state index in [0.717, 1.165) is 36.1 Å². The third kappa shape index (κ3) is 4.70. The molecule has 1 fully saturated rings. The summed E-state index contributed by atoms with van der Waals surface area (Å²) >= 11 is 0. The average Bonchev–Trinajstić information content (AvgIpc) is 3.69. The van der Waals surface area contributed by atoms with Crippen LogP contribution >= 0.6 is 0 Å². The number of ketones is 2. The number of benzene rings is 3. The van der Waals surface area contributed by atoms with Gasteiger partial charge in [0.1, 0.15) is 23.2 Å². The third-order valence-electron chi connectivity index (χ3n) is 8.72. The molecule has 3 aliphatic rings. The SMILES string of the molecule is CC(=O)Oc1ccc2nc(C3C(=O)c4cc5c(cc4C3=O)C(=O)N(c3ccc(C4CCCC4)cc3OC(C)C)C5=O)[nH]c(=O)c2c1. The Morgan fingerprint density at radius 2 is 1.52 bits per heavy atom. The number of hydrogen-bond acceptors (Lipinski definition) is 9. The molecule has 1 aliphatic heterocycles. The maximum atomic E-state index is 13.8. The minimum Gasteiger partial charge on any atom is -0.489 e. The van der Waals surface area contributed by atoms with E-state index in [1.807, 2.05) is 26.0 Å². The quantitative estimate of drug-likeness (QED) is 0.132. The molecule has 0 bridgehead atoms. The zero-order valence-electron chi connectivity index (χ0n) is 25.3. The maximum Gasteiger partial charge on any atom is 0.308 e. The molecule has 3 aromatic carbocycles. The van der Waals surface area contributed by atoms with Crippen LogP contribution in [0.15, 0.2) is 53.3 Å². The molecule has 0 saturated heterocycles. The fourth-order valence-corrected chi connectivity index (χ4v) is 6.67. The van der Waals surface area contributed by atoms with Crippen LogP contribution in [0.3, 0.4) is 0 Å². The van der Waals surface area contributed by atoms with Crippen LogP contribution in [-0.2, 0) is 4.79 Å². The molecule has 7 rings (SSSR count). The Morgan fingerprint density at radius 3 is 2.13 bits per heavy atom. The van der Waals surface area contributed by atoms with Gasteiger partial charge < -0.3 is 14.5 Å². The lowest BCUT2D eigenvalue weighted by atomic mass is 9.97. The van der Waals surface area contributed by atoms with Crippen molar-refractivity contribution in [2.45, 2.75) is 64.4 Å². The number of aromatic nitrogens is 2. The van der Waals surface area contributed by atoms with Gasteiger partial charge in [0, 0.05) is 18.1 Å². The Hall–Kier alpha value is -5.45. The molecule has 0 radical (unpaired) electrons. The van der Waals surface area contributed by atoms with Gasteiger partial charge in [-0.25, -0.2) is 9.88 Å². The van der Waals surface area contributed by atoms with Gasteiger partial charge in [0.2, 0.25) is 0 Å². The first-order valence-corrected chi connectivity index (χ1v) is 15.2. The van der Waals surface area contributed by atoms with Gasteiger partial charge in [0.15, 0.2) is 11.6 Å². The van der Waals surface area contributed by atoms with Crippen LogP contribution in [0.2, 0.25) is 0 Å². The highest BCUT2D eigenvalue weighted by molar-refractivity contribution is 6.37. The van der Waals surface area contributed by atoms with E-state index >= 15 is 0 Å². The second-order valence-corrected chi connectivity index (χ2v) is 12.1. The number of imide groups is 1. The van der Waals surface area contributed by atoms with Crippen LogP contribution in [0, 0.1) is 0 Å². The molecule has 1 aromatic heterocycles. The van der Waals surface area contributed by atoms with Gasteiger partial charge in [-0.05, 0) is 80.6 Å². The minimum atomic E-state index is -1.46. The van der Waals surface area contributed by atoms with E-state index in [9.17, 15) is 28.8 Å². The van der Waals surface area contributed by atoms with Crippen LogP contribution < -0.4 is 19.9 Å². The Morgan fingerprint density at radius 1 is 0.870 bits per heavy atom. The molecule has 0 atom stereocenters. The lowest BCUT2D eigenvalue weighted by molar-refractivity contribution is -0.131. The van der Waals surface area contributed by atoms with E-state index in [1.165, 1.54) is 37.3 Å². The normalized spacial score (nSPS) is 16.6. The van der Waals surface area contributed by atoms with Crippen molar-refractivity contribution in [2.75, 3.05) is 4.90 Å². The van der Waals surface area contributed by atoms with Gasteiger partial charge in [0.25, 0.3) is 17.4 Å². The Labute approximate surface area is 262 Å². The number of H-pyrrole nitrogens is 1. The molecule has 2 heterocycles.